The van der Waals surface area contributed by atoms with Crippen LogP contribution in [0.3, 0.4) is 0 Å². The zero-order valence-corrected chi connectivity index (χ0v) is 9.57. The SMILES string of the molecule is Cc1cccnc1N(CCC#N)C(C)C. The van der Waals surface area contributed by atoms with Crippen molar-refractivity contribution in [1.29, 1.82) is 5.26 Å². The van der Waals surface area contributed by atoms with Crippen LogP contribution in [0.25, 0.3) is 0 Å². The third-order valence-electron chi connectivity index (χ3n) is 2.34. The first-order chi connectivity index (χ1) is 7.16. The summed E-state index contributed by atoms with van der Waals surface area (Å²) in [6, 6.07) is 6.52. The van der Waals surface area contributed by atoms with E-state index in [1.807, 2.05) is 19.1 Å². The second kappa shape index (κ2) is 5.35. The summed E-state index contributed by atoms with van der Waals surface area (Å²) in [7, 11) is 0. The second-order valence-electron chi connectivity index (χ2n) is 3.84. The molecule has 0 saturated heterocycles. The zero-order valence-electron chi connectivity index (χ0n) is 9.57. The van der Waals surface area contributed by atoms with E-state index >= 15 is 0 Å². The highest BCUT2D eigenvalue weighted by molar-refractivity contribution is 5.46. The van der Waals surface area contributed by atoms with Gasteiger partial charge in [-0.05, 0) is 32.4 Å². The number of nitrogens with zero attached hydrogens (tertiary/aromatic N) is 3. The average Bonchev–Trinajstić information content (AvgIpc) is 2.20. The Labute approximate surface area is 91.4 Å². The highest BCUT2D eigenvalue weighted by Crippen LogP contribution is 2.18. The van der Waals surface area contributed by atoms with Crippen molar-refractivity contribution in [2.24, 2.45) is 0 Å². The molecule has 0 aromatic carbocycles. The molecule has 0 bridgehead atoms. The van der Waals surface area contributed by atoms with E-state index in [-0.39, 0.29) is 0 Å². The van der Waals surface area contributed by atoms with Crippen molar-refractivity contribution >= 4 is 5.82 Å². The van der Waals surface area contributed by atoms with Gasteiger partial charge >= 0.3 is 0 Å². The lowest BCUT2D eigenvalue weighted by molar-refractivity contribution is 0.674. The summed E-state index contributed by atoms with van der Waals surface area (Å²) in [6.07, 6.45) is 2.33. The fourth-order valence-electron chi connectivity index (χ4n) is 1.56. The van der Waals surface area contributed by atoms with E-state index < -0.39 is 0 Å². The van der Waals surface area contributed by atoms with E-state index in [4.69, 9.17) is 5.26 Å². The van der Waals surface area contributed by atoms with Crippen molar-refractivity contribution in [2.75, 3.05) is 11.4 Å². The molecule has 0 unspecified atom stereocenters. The third-order valence-corrected chi connectivity index (χ3v) is 2.34. The molecule has 1 heterocycles. The summed E-state index contributed by atoms with van der Waals surface area (Å²) in [5.41, 5.74) is 1.16. The average molecular weight is 203 g/mol. The highest BCUT2D eigenvalue weighted by atomic mass is 15.2. The molecular weight excluding hydrogens is 186 g/mol. The van der Waals surface area contributed by atoms with E-state index in [9.17, 15) is 0 Å². The van der Waals surface area contributed by atoms with E-state index in [0.717, 1.165) is 17.9 Å². The fourth-order valence-corrected chi connectivity index (χ4v) is 1.56. The summed E-state index contributed by atoms with van der Waals surface area (Å²) >= 11 is 0. The molecule has 0 spiro atoms. The van der Waals surface area contributed by atoms with Gasteiger partial charge in [-0.15, -0.1) is 0 Å². The summed E-state index contributed by atoms with van der Waals surface area (Å²) in [6.45, 7) is 7.02. The minimum Gasteiger partial charge on any atom is -0.353 e. The molecule has 1 aromatic heterocycles. The first-order valence-electron chi connectivity index (χ1n) is 5.22. The Morgan fingerprint density at radius 3 is 2.80 bits per heavy atom. The monoisotopic (exact) mass is 203 g/mol. The van der Waals surface area contributed by atoms with Crippen LogP contribution in [0.4, 0.5) is 5.82 Å². The summed E-state index contributed by atoms with van der Waals surface area (Å²) in [5.74, 6) is 0.989. The van der Waals surface area contributed by atoms with Gasteiger partial charge in [0.1, 0.15) is 5.82 Å². The molecule has 3 nitrogen and oxygen atoms in total. The predicted molar refractivity (Wildman–Crippen MR) is 61.7 cm³/mol. The van der Waals surface area contributed by atoms with Gasteiger partial charge in [0, 0.05) is 18.8 Å². The first kappa shape index (κ1) is 11.5. The standard InChI is InChI=1S/C12H17N3/c1-10(2)15(9-5-7-13)12-11(3)6-4-8-14-12/h4,6,8,10H,5,9H2,1-3H3. The molecule has 0 aliphatic rings. The van der Waals surface area contributed by atoms with Gasteiger partial charge in [-0.25, -0.2) is 4.98 Å². The van der Waals surface area contributed by atoms with Crippen LogP contribution >= 0.6 is 0 Å². The number of rotatable bonds is 4. The smallest absolute Gasteiger partial charge is 0.131 e. The van der Waals surface area contributed by atoms with Crippen molar-refractivity contribution in [2.45, 2.75) is 33.2 Å². The molecular formula is C12H17N3. The lowest BCUT2D eigenvalue weighted by Crippen LogP contribution is -2.32. The third kappa shape index (κ3) is 2.95. The number of hydrogen-bond donors (Lipinski definition) is 0. The van der Waals surface area contributed by atoms with E-state index in [1.54, 1.807) is 6.20 Å². The second-order valence-corrected chi connectivity index (χ2v) is 3.84. The van der Waals surface area contributed by atoms with Gasteiger partial charge in [-0.1, -0.05) is 6.07 Å². The van der Waals surface area contributed by atoms with Gasteiger partial charge in [0.2, 0.25) is 0 Å². The molecule has 3 heteroatoms. The van der Waals surface area contributed by atoms with Crippen LogP contribution in [0.1, 0.15) is 25.8 Å². The predicted octanol–water partition coefficient (Wildman–Crippen LogP) is 2.52. The van der Waals surface area contributed by atoms with Gasteiger partial charge in [0.15, 0.2) is 0 Å². The van der Waals surface area contributed by atoms with Crippen molar-refractivity contribution in [1.82, 2.24) is 4.98 Å². The van der Waals surface area contributed by atoms with Crippen LogP contribution in [0, 0.1) is 18.3 Å². The highest BCUT2D eigenvalue weighted by Gasteiger charge is 2.12. The van der Waals surface area contributed by atoms with E-state index in [1.165, 1.54) is 0 Å². The molecule has 0 fully saturated rings. The van der Waals surface area contributed by atoms with Gasteiger partial charge in [0.05, 0.1) is 12.5 Å². The molecule has 0 radical (unpaired) electrons. The van der Waals surface area contributed by atoms with Crippen molar-refractivity contribution < 1.29 is 0 Å². The minimum atomic E-state index is 0.368. The zero-order chi connectivity index (χ0) is 11.3. The lowest BCUT2D eigenvalue weighted by Gasteiger charge is -2.28. The Balaban J connectivity index is 2.90. The van der Waals surface area contributed by atoms with Crippen LogP contribution < -0.4 is 4.90 Å². The Morgan fingerprint density at radius 1 is 1.53 bits per heavy atom. The lowest BCUT2D eigenvalue weighted by atomic mass is 10.2. The van der Waals surface area contributed by atoms with Crippen LogP contribution in [0.5, 0.6) is 0 Å². The van der Waals surface area contributed by atoms with Crippen molar-refractivity contribution in [3.8, 4) is 6.07 Å². The molecule has 0 aliphatic carbocycles. The topological polar surface area (TPSA) is 39.9 Å². The first-order valence-corrected chi connectivity index (χ1v) is 5.22. The summed E-state index contributed by atoms with van der Waals surface area (Å²) in [4.78, 5) is 6.53. The summed E-state index contributed by atoms with van der Waals surface area (Å²) in [5, 5.41) is 8.62. The fraction of sp³-hybridized carbons (Fsp3) is 0.500. The maximum atomic E-state index is 8.62. The van der Waals surface area contributed by atoms with Gasteiger partial charge in [-0.2, -0.15) is 5.26 Å². The minimum absolute atomic E-state index is 0.368. The summed E-state index contributed by atoms with van der Waals surface area (Å²) < 4.78 is 0. The quantitative estimate of drug-likeness (QED) is 0.755. The normalized spacial score (nSPS) is 10.1. The van der Waals surface area contributed by atoms with Crippen LogP contribution in [0.15, 0.2) is 18.3 Å². The number of hydrogen-bond acceptors (Lipinski definition) is 3. The maximum Gasteiger partial charge on any atom is 0.131 e. The molecule has 15 heavy (non-hydrogen) atoms. The Morgan fingerprint density at radius 2 is 2.27 bits per heavy atom. The maximum absolute atomic E-state index is 8.62. The van der Waals surface area contributed by atoms with Crippen LogP contribution in [-0.4, -0.2) is 17.6 Å². The van der Waals surface area contributed by atoms with Crippen molar-refractivity contribution in [3.05, 3.63) is 23.9 Å². The molecule has 0 amide bonds. The Bertz CT molecular complexity index is 352. The van der Waals surface area contributed by atoms with Crippen LogP contribution in [-0.2, 0) is 0 Å². The van der Waals surface area contributed by atoms with E-state index in [0.29, 0.717) is 12.5 Å². The van der Waals surface area contributed by atoms with E-state index in [2.05, 4.69) is 29.8 Å². The Kier molecular flexibility index (Phi) is 4.11. The number of pyridine rings is 1. The number of aromatic nitrogens is 1. The molecule has 80 valence electrons. The van der Waals surface area contributed by atoms with Crippen molar-refractivity contribution in [3.63, 3.8) is 0 Å². The van der Waals surface area contributed by atoms with Gasteiger partial charge in [0.25, 0.3) is 0 Å². The molecule has 1 rings (SSSR count). The molecule has 1 aromatic rings. The Hall–Kier alpha value is -1.56. The number of nitriles is 1. The van der Waals surface area contributed by atoms with Gasteiger partial charge < -0.3 is 4.90 Å². The van der Waals surface area contributed by atoms with Crippen LogP contribution in [0.2, 0.25) is 0 Å². The largest absolute Gasteiger partial charge is 0.353 e. The number of anilines is 1. The molecule has 0 atom stereocenters. The van der Waals surface area contributed by atoms with Gasteiger partial charge in [-0.3, -0.25) is 0 Å². The molecule has 0 aliphatic heterocycles. The molecule has 0 N–H and O–H groups in total. The molecule has 0 saturated carbocycles. The number of aryl methyl sites for hydroxylation is 1.